The minimum absolute atomic E-state index is 0. The monoisotopic (exact) mass is 750 g/mol. The van der Waals surface area contributed by atoms with Crippen LogP contribution in [0.5, 0.6) is 0 Å². The Balaban J connectivity index is 0.000000242. The fourth-order valence-electron chi connectivity index (χ4n) is 4.86. The SMILES string of the molecule is CC([O-])(c1ccccc1)c1ccccc1.CC([O-])(c1ccccc1)c1ccccc1.Cc1ccccc1.[O-]Cc1ccccn1.[O-]Cc1ccccn1.[Ti+4]. The van der Waals surface area contributed by atoms with Crippen molar-refractivity contribution in [1.29, 1.82) is 0 Å². The molecule has 272 valence electrons. The molecule has 0 spiro atoms. The van der Waals surface area contributed by atoms with Crippen LogP contribution in [-0.2, 0) is 46.1 Å². The fourth-order valence-corrected chi connectivity index (χ4v) is 4.86. The van der Waals surface area contributed by atoms with Crippen molar-refractivity contribution in [1.82, 2.24) is 9.97 Å². The molecule has 0 N–H and O–H groups in total. The van der Waals surface area contributed by atoms with Crippen LogP contribution in [0, 0.1) is 6.92 Å². The molecule has 0 atom stereocenters. The second-order valence-corrected chi connectivity index (χ2v) is 12.1. The van der Waals surface area contributed by atoms with Gasteiger partial charge in [-0.1, -0.05) is 230 Å². The number of hydrogen-bond acceptors (Lipinski definition) is 6. The van der Waals surface area contributed by atoms with Crippen LogP contribution in [0.2, 0.25) is 0 Å². The van der Waals surface area contributed by atoms with E-state index in [-0.39, 0.29) is 34.9 Å². The summed E-state index contributed by atoms with van der Waals surface area (Å²) in [7, 11) is 0. The third-order valence-electron chi connectivity index (χ3n) is 7.99. The molecule has 0 aliphatic rings. The molecule has 0 aliphatic carbocycles. The third kappa shape index (κ3) is 15.9. The zero-order valence-corrected chi connectivity index (χ0v) is 32.6. The summed E-state index contributed by atoms with van der Waals surface area (Å²) < 4.78 is 0. The normalized spacial score (nSPS) is 10.1. The van der Waals surface area contributed by atoms with Crippen molar-refractivity contribution in [3.05, 3.63) is 240 Å². The molecule has 0 aliphatic heterocycles. The van der Waals surface area contributed by atoms with Gasteiger partial charge in [-0.15, -0.1) is 0 Å². The number of benzene rings is 5. The quantitative estimate of drug-likeness (QED) is 0.179. The van der Waals surface area contributed by atoms with Crippen molar-refractivity contribution < 1.29 is 42.1 Å². The van der Waals surface area contributed by atoms with E-state index in [1.54, 1.807) is 62.6 Å². The molecule has 0 unspecified atom stereocenters. The molecule has 7 heteroatoms. The van der Waals surface area contributed by atoms with Crippen LogP contribution >= 0.6 is 0 Å². The van der Waals surface area contributed by atoms with Crippen LogP contribution < -0.4 is 20.4 Å². The predicted octanol–water partition coefficient (Wildman–Crippen LogP) is 6.50. The molecule has 0 saturated heterocycles. The average molecular weight is 751 g/mol. The molecule has 54 heavy (non-hydrogen) atoms. The van der Waals surface area contributed by atoms with E-state index in [9.17, 15) is 20.4 Å². The van der Waals surface area contributed by atoms with Gasteiger partial charge < -0.3 is 20.4 Å². The van der Waals surface area contributed by atoms with E-state index in [4.69, 9.17) is 0 Å². The first kappa shape index (κ1) is 45.1. The maximum absolute atomic E-state index is 12.5. The Labute approximate surface area is 335 Å². The molecule has 2 aromatic heterocycles. The summed E-state index contributed by atoms with van der Waals surface area (Å²) in [5, 5.41) is 45.2. The van der Waals surface area contributed by atoms with Gasteiger partial charge in [0, 0.05) is 23.8 Å². The van der Waals surface area contributed by atoms with Gasteiger partial charge in [0.15, 0.2) is 0 Å². The molecule has 2 heterocycles. The first-order valence-electron chi connectivity index (χ1n) is 17.3. The van der Waals surface area contributed by atoms with Crippen LogP contribution in [0.1, 0.15) is 53.1 Å². The van der Waals surface area contributed by atoms with Crippen LogP contribution in [-0.4, -0.2) is 9.97 Å². The van der Waals surface area contributed by atoms with Gasteiger partial charge in [0.1, 0.15) is 0 Å². The van der Waals surface area contributed by atoms with Gasteiger partial charge in [0.2, 0.25) is 0 Å². The summed E-state index contributed by atoms with van der Waals surface area (Å²) in [6, 6.07) is 58.7. The Kier molecular flexibility index (Phi) is 20.9. The molecule has 7 rings (SSSR count). The number of aryl methyl sites for hydroxylation is 1. The van der Waals surface area contributed by atoms with E-state index in [0.717, 1.165) is 22.3 Å². The smallest absolute Gasteiger partial charge is 0.850 e. The van der Waals surface area contributed by atoms with Crippen molar-refractivity contribution in [2.75, 3.05) is 0 Å². The van der Waals surface area contributed by atoms with E-state index in [1.807, 2.05) is 140 Å². The van der Waals surface area contributed by atoms with Gasteiger partial charge >= 0.3 is 21.7 Å². The van der Waals surface area contributed by atoms with Crippen LogP contribution in [0.15, 0.2) is 200 Å². The molecule has 0 saturated carbocycles. The van der Waals surface area contributed by atoms with E-state index >= 15 is 0 Å². The van der Waals surface area contributed by atoms with E-state index in [2.05, 4.69) is 29.0 Å². The van der Waals surface area contributed by atoms with Crippen LogP contribution in [0.25, 0.3) is 0 Å². The van der Waals surface area contributed by atoms with Crippen molar-refractivity contribution in [2.24, 2.45) is 0 Å². The summed E-state index contributed by atoms with van der Waals surface area (Å²) in [6.45, 7) is 5.05. The summed E-state index contributed by atoms with van der Waals surface area (Å²) in [6.07, 6.45) is 3.24. The van der Waals surface area contributed by atoms with E-state index in [0.29, 0.717) is 11.4 Å². The predicted molar refractivity (Wildman–Crippen MR) is 206 cm³/mol. The largest absolute Gasteiger partial charge is 4.00 e. The molecule has 0 fully saturated rings. The Bertz CT molecular complexity index is 1710. The number of hydrogen-bond donors (Lipinski definition) is 0. The topological polar surface area (TPSA) is 118 Å². The van der Waals surface area contributed by atoms with Crippen molar-refractivity contribution in [3.8, 4) is 0 Å². The minimum Gasteiger partial charge on any atom is -0.850 e. The van der Waals surface area contributed by atoms with E-state index in [1.165, 1.54) is 5.56 Å². The van der Waals surface area contributed by atoms with Crippen molar-refractivity contribution >= 4 is 0 Å². The molecule has 0 radical (unpaired) electrons. The van der Waals surface area contributed by atoms with Gasteiger partial charge in [-0.2, -0.15) is 0 Å². The minimum atomic E-state index is -1.16. The fraction of sp³-hybridized carbons (Fsp3) is 0.149. The van der Waals surface area contributed by atoms with E-state index < -0.39 is 11.2 Å². The molecule has 0 bridgehead atoms. The second kappa shape index (κ2) is 25.1. The summed E-state index contributed by atoms with van der Waals surface area (Å²) in [4.78, 5) is 7.57. The first-order chi connectivity index (χ1) is 25.7. The number of aromatic nitrogens is 2. The second-order valence-electron chi connectivity index (χ2n) is 12.1. The maximum atomic E-state index is 12.5. The van der Waals surface area contributed by atoms with Gasteiger partial charge in [-0.05, 0) is 31.2 Å². The Hall–Kier alpha value is -5.05. The summed E-state index contributed by atoms with van der Waals surface area (Å²) in [5.74, 6) is 0. The number of rotatable bonds is 6. The third-order valence-corrected chi connectivity index (χ3v) is 7.99. The Morgan fingerprint density at radius 3 is 0.796 bits per heavy atom. The molecule has 0 amide bonds. The molecular weight excluding hydrogens is 704 g/mol. The summed E-state index contributed by atoms with van der Waals surface area (Å²) in [5.41, 5.74) is 3.41. The van der Waals surface area contributed by atoms with Gasteiger partial charge in [0.25, 0.3) is 0 Å². The van der Waals surface area contributed by atoms with Crippen LogP contribution in [0.3, 0.4) is 0 Å². The average Bonchev–Trinajstić information content (AvgIpc) is 3.24. The first-order valence-corrected chi connectivity index (χ1v) is 17.3. The molecule has 5 aromatic carbocycles. The molecular formula is C47H46N2O4Ti. The van der Waals surface area contributed by atoms with Gasteiger partial charge in [0.05, 0.1) is 0 Å². The molecule has 6 nitrogen and oxygen atoms in total. The van der Waals surface area contributed by atoms with Gasteiger partial charge in [-0.25, -0.2) is 0 Å². The van der Waals surface area contributed by atoms with Crippen molar-refractivity contribution in [3.63, 3.8) is 0 Å². The summed E-state index contributed by atoms with van der Waals surface area (Å²) >= 11 is 0. The zero-order valence-electron chi connectivity index (χ0n) is 31.0. The molecule has 7 aromatic rings. The zero-order chi connectivity index (χ0) is 38.2. The van der Waals surface area contributed by atoms with Crippen molar-refractivity contribution in [2.45, 2.75) is 45.2 Å². The van der Waals surface area contributed by atoms with Crippen LogP contribution in [0.4, 0.5) is 0 Å². The van der Waals surface area contributed by atoms with Gasteiger partial charge in [-0.3, -0.25) is 9.97 Å². The maximum Gasteiger partial charge on any atom is 4.00 e. The Morgan fingerprint density at radius 2 is 0.630 bits per heavy atom. The number of pyridine rings is 2. The Morgan fingerprint density at radius 1 is 0.389 bits per heavy atom. The standard InChI is InChI=1S/2C14H13O.C7H8.2C6H6NO.Ti/c2*1-14(15,12-8-4-2-5-9-12)13-10-6-3-7-11-13;1-7-5-3-2-4-6-7;2*8-5-6-3-1-2-4-7-6;/h2*2-11H,1H3;2-6H,1H3;2*1-4H,5H2;/q2*-1;;2*-1;+4. The number of nitrogens with zero attached hydrogens (tertiary/aromatic N) is 2.